The highest BCUT2D eigenvalue weighted by Crippen LogP contribution is 2.30. The topological polar surface area (TPSA) is 86.5 Å². The second-order valence-electron chi connectivity index (χ2n) is 7.80. The molecule has 0 aliphatic carbocycles. The molecule has 7 heteroatoms. The molecule has 0 fully saturated rings. The summed E-state index contributed by atoms with van der Waals surface area (Å²) in [6, 6.07) is 15.4. The molecule has 2 aromatic carbocycles. The van der Waals surface area contributed by atoms with Gasteiger partial charge in [0.25, 0.3) is 0 Å². The van der Waals surface area contributed by atoms with E-state index in [1.807, 2.05) is 59.3 Å². The monoisotopic (exact) mass is 434 g/mol. The van der Waals surface area contributed by atoms with E-state index in [2.05, 4.69) is 15.0 Å². The lowest BCUT2D eigenvalue weighted by Gasteiger charge is -2.11. The van der Waals surface area contributed by atoms with E-state index < -0.39 is 0 Å². The van der Waals surface area contributed by atoms with Crippen molar-refractivity contribution in [3.8, 4) is 22.5 Å². The third kappa shape index (κ3) is 4.67. The van der Waals surface area contributed by atoms with Gasteiger partial charge in [-0.25, -0.2) is 24.9 Å². The fourth-order valence-electron chi connectivity index (χ4n) is 3.79. The van der Waals surface area contributed by atoms with E-state index in [0.29, 0.717) is 23.2 Å². The second-order valence-corrected chi connectivity index (χ2v) is 7.80. The predicted molar refractivity (Wildman–Crippen MR) is 126 cm³/mol. The van der Waals surface area contributed by atoms with Crippen LogP contribution in [0.3, 0.4) is 0 Å². The molecule has 0 N–H and O–H groups in total. The number of rotatable bonds is 8. The van der Waals surface area contributed by atoms with Crippen LogP contribution in [0, 0.1) is 0 Å². The van der Waals surface area contributed by atoms with Crippen LogP contribution in [-0.4, -0.2) is 35.3 Å². The lowest BCUT2D eigenvalue weighted by Crippen LogP contribution is -2.02. The first-order valence-corrected chi connectivity index (χ1v) is 10.9. The molecular formula is C26H22N6O. The predicted octanol–water partition coefficient (Wildman–Crippen LogP) is 5.00. The van der Waals surface area contributed by atoms with Crippen molar-refractivity contribution in [2.45, 2.75) is 25.8 Å². The fourth-order valence-corrected chi connectivity index (χ4v) is 3.79. The van der Waals surface area contributed by atoms with E-state index in [1.54, 1.807) is 24.9 Å². The van der Waals surface area contributed by atoms with Gasteiger partial charge in [0.1, 0.15) is 12.0 Å². The van der Waals surface area contributed by atoms with Crippen molar-refractivity contribution < 1.29 is 4.79 Å². The maximum Gasteiger partial charge on any atom is 0.162 e. The molecule has 3 heterocycles. The number of Topliss-reactive ketones (excluding diaryl/α,β-unsaturated/α-hetero) is 1. The molecule has 0 spiro atoms. The molecule has 0 unspecified atom stereocenters. The number of fused-ring (bicyclic) bond motifs is 1. The van der Waals surface area contributed by atoms with Gasteiger partial charge in [0, 0.05) is 54.4 Å². The molecule has 5 aromatic rings. The van der Waals surface area contributed by atoms with Gasteiger partial charge in [0.2, 0.25) is 0 Å². The molecule has 0 atom stereocenters. The summed E-state index contributed by atoms with van der Waals surface area (Å²) in [5.74, 6) is 0.117. The quantitative estimate of drug-likeness (QED) is 0.252. The van der Waals surface area contributed by atoms with E-state index >= 15 is 0 Å². The maximum absolute atomic E-state index is 12.8. The number of imidazole rings is 1. The van der Waals surface area contributed by atoms with Gasteiger partial charge in [0.15, 0.2) is 5.78 Å². The van der Waals surface area contributed by atoms with Gasteiger partial charge in [-0.1, -0.05) is 30.3 Å². The summed E-state index contributed by atoms with van der Waals surface area (Å²) in [4.78, 5) is 34.9. The van der Waals surface area contributed by atoms with E-state index in [4.69, 9.17) is 9.97 Å². The van der Waals surface area contributed by atoms with Crippen LogP contribution in [0.5, 0.6) is 0 Å². The van der Waals surface area contributed by atoms with E-state index in [1.165, 1.54) is 6.33 Å². The highest BCUT2D eigenvalue weighted by atomic mass is 16.1. The van der Waals surface area contributed by atoms with Crippen LogP contribution in [0.15, 0.2) is 86.0 Å². The lowest BCUT2D eigenvalue weighted by molar-refractivity contribution is 0.0979. The second kappa shape index (κ2) is 9.48. The molecule has 0 saturated heterocycles. The molecule has 0 bridgehead atoms. The third-order valence-corrected chi connectivity index (χ3v) is 5.50. The highest BCUT2D eigenvalue weighted by Gasteiger charge is 2.15. The number of aromatic nitrogens is 6. The van der Waals surface area contributed by atoms with Crippen LogP contribution in [0.1, 0.15) is 29.6 Å². The summed E-state index contributed by atoms with van der Waals surface area (Å²) in [6.07, 6.45) is 12.7. The lowest BCUT2D eigenvalue weighted by atomic mass is 10.0. The minimum Gasteiger partial charge on any atom is -0.337 e. The van der Waals surface area contributed by atoms with Crippen LogP contribution in [0.25, 0.3) is 33.5 Å². The highest BCUT2D eigenvalue weighted by molar-refractivity contribution is 5.99. The molecule has 0 amide bonds. The van der Waals surface area contributed by atoms with Gasteiger partial charge in [-0.3, -0.25) is 4.79 Å². The number of nitrogens with zero attached hydrogens (tertiary/aromatic N) is 6. The van der Waals surface area contributed by atoms with Gasteiger partial charge in [-0.05, 0) is 31.0 Å². The molecular weight excluding hydrogens is 412 g/mol. The van der Waals surface area contributed by atoms with Crippen LogP contribution in [0.4, 0.5) is 0 Å². The number of hydrogen-bond acceptors (Lipinski definition) is 6. The van der Waals surface area contributed by atoms with Gasteiger partial charge in [0.05, 0.1) is 23.1 Å². The molecule has 0 aliphatic rings. The molecule has 0 saturated carbocycles. The Morgan fingerprint density at radius 3 is 2.39 bits per heavy atom. The van der Waals surface area contributed by atoms with Crippen LogP contribution in [0.2, 0.25) is 0 Å². The van der Waals surface area contributed by atoms with Gasteiger partial charge >= 0.3 is 0 Å². The molecule has 5 rings (SSSR count). The molecule has 7 nitrogen and oxygen atoms in total. The van der Waals surface area contributed by atoms with Crippen molar-refractivity contribution in [3.05, 3.63) is 91.5 Å². The Hall–Kier alpha value is -4.26. The zero-order valence-corrected chi connectivity index (χ0v) is 18.0. The standard InChI is InChI=1S/C26H22N6O/c33-24(8-4-5-12-32-13-11-27-18-32)20-9-10-22-23(14-20)31-25(19-6-2-1-3-7-19)26(30-22)21-15-28-17-29-16-21/h1-3,6-7,9-11,13-18H,4-5,8,12H2. The van der Waals surface area contributed by atoms with Gasteiger partial charge in [-0.15, -0.1) is 0 Å². The van der Waals surface area contributed by atoms with Crippen LogP contribution < -0.4 is 0 Å². The number of ketones is 1. The first-order valence-electron chi connectivity index (χ1n) is 10.9. The Morgan fingerprint density at radius 2 is 1.61 bits per heavy atom. The van der Waals surface area contributed by atoms with Gasteiger partial charge in [-0.2, -0.15) is 0 Å². The summed E-state index contributed by atoms with van der Waals surface area (Å²) in [5.41, 5.74) is 5.28. The largest absolute Gasteiger partial charge is 0.337 e. The number of hydrogen-bond donors (Lipinski definition) is 0. The normalized spacial score (nSPS) is 11.0. The Kier molecular flexibility index (Phi) is 5.93. The van der Waals surface area contributed by atoms with E-state index in [-0.39, 0.29) is 5.78 Å². The fraction of sp³-hybridized carbons (Fsp3) is 0.154. The summed E-state index contributed by atoms with van der Waals surface area (Å²) < 4.78 is 2.02. The summed E-state index contributed by atoms with van der Waals surface area (Å²) in [6.45, 7) is 0.864. The zero-order valence-electron chi connectivity index (χ0n) is 18.0. The number of unbranched alkanes of at least 4 members (excludes halogenated alkanes) is 1. The molecule has 3 aromatic heterocycles. The molecule has 0 aliphatic heterocycles. The third-order valence-electron chi connectivity index (χ3n) is 5.50. The Bertz CT molecular complexity index is 1370. The molecule has 33 heavy (non-hydrogen) atoms. The first kappa shape index (κ1) is 20.6. The van der Waals surface area contributed by atoms with Crippen molar-refractivity contribution in [1.29, 1.82) is 0 Å². The minimum absolute atomic E-state index is 0.117. The van der Waals surface area contributed by atoms with Crippen molar-refractivity contribution in [1.82, 2.24) is 29.5 Å². The first-order chi connectivity index (χ1) is 16.3. The molecule has 162 valence electrons. The SMILES string of the molecule is O=C(CCCCn1ccnc1)c1ccc2nc(-c3cncnc3)c(-c3ccccc3)nc2c1. The van der Waals surface area contributed by atoms with Crippen molar-refractivity contribution >= 4 is 16.8 Å². The number of benzene rings is 2. The summed E-state index contributed by atoms with van der Waals surface area (Å²) in [7, 11) is 0. The van der Waals surface area contributed by atoms with Crippen molar-refractivity contribution in [2.24, 2.45) is 0 Å². The zero-order chi connectivity index (χ0) is 22.5. The van der Waals surface area contributed by atoms with E-state index in [9.17, 15) is 4.79 Å². The average Bonchev–Trinajstić information content (AvgIpc) is 3.40. The maximum atomic E-state index is 12.8. The number of aryl methyl sites for hydroxylation is 1. The van der Waals surface area contributed by atoms with Crippen molar-refractivity contribution in [2.75, 3.05) is 0 Å². The average molecular weight is 435 g/mol. The van der Waals surface area contributed by atoms with Gasteiger partial charge < -0.3 is 4.57 Å². The van der Waals surface area contributed by atoms with Crippen LogP contribution >= 0.6 is 0 Å². The summed E-state index contributed by atoms with van der Waals surface area (Å²) >= 11 is 0. The molecule has 0 radical (unpaired) electrons. The van der Waals surface area contributed by atoms with E-state index in [0.717, 1.165) is 41.7 Å². The number of carbonyl (C=O) groups excluding carboxylic acids is 1. The smallest absolute Gasteiger partial charge is 0.162 e. The number of carbonyl (C=O) groups is 1. The van der Waals surface area contributed by atoms with Crippen LogP contribution in [-0.2, 0) is 6.54 Å². The Balaban J connectivity index is 1.43. The Morgan fingerprint density at radius 1 is 0.818 bits per heavy atom. The Labute approximate surface area is 191 Å². The summed E-state index contributed by atoms with van der Waals surface area (Å²) in [5, 5.41) is 0. The van der Waals surface area contributed by atoms with Crippen molar-refractivity contribution in [3.63, 3.8) is 0 Å². The minimum atomic E-state index is 0.117.